The first kappa shape index (κ1) is 23.9. The number of benzene rings is 4. The Hall–Kier alpha value is -4.26. The van der Waals surface area contributed by atoms with Gasteiger partial charge < -0.3 is 0 Å². The van der Waals surface area contributed by atoms with Gasteiger partial charge in [-0.2, -0.15) is 0 Å². The van der Waals surface area contributed by atoms with Crippen molar-refractivity contribution in [1.29, 1.82) is 0 Å². The molecule has 0 saturated heterocycles. The number of carbonyl (C=O) groups excluding carboxylic acids is 2. The molecule has 0 aliphatic carbocycles. The van der Waals surface area contributed by atoms with Crippen LogP contribution in [-0.4, -0.2) is 11.9 Å². The summed E-state index contributed by atoms with van der Waals surface area (Å²) < 4.78 is 0. The molecule has 0 N–H and O–H groups in total. The highest BCUT2D eigenvalue weighted by Gasteiger charge is 2.20. The van der Waals surface area contributed by atoms with Gasteiger partial charge in [-0.3, -0.25) is 9.78 Å². The normalized spacial score (nSPS) is 10.7. The molecular formula is C29H22O6. The second-order valence-corrected chi connectivity index (χ2v) is 7.42. The predicted molar refractivity (Wildman–Crippen MR) is 130 cm³/mol. The Morgan fingerprint density at radius 3 is 1.31 bits per heavy atom. The van der Waals surface area contributed by atoms with Crippen LogP contribution in [0.25, 0.3) is 22.3 Å². The van der Waals surface area contributed by atoms with E-state index >= 15 is 0 Å². The summed E-state index contributed by atoms with van der Waals surface area (Å²) >= 11 is 0. The quantitative estimate of drug-likeness (QED) is 0.204. The molecule has 4 rings (SSSR count). The summed E-state index contributed by atoms with van der Waals surface area (Å²) in [5.41, 5.74) is 4.18. The van der Waals surface area contributed by atoms with Crippen LogP contribution in [0.4, 0.5) is 0 Å². The largest absolute Gasteiger partial charge is 0.373 e. The van der Waals surface area contributed by atoms with E-state index in [0.29, 0.717) is 0 Å². The highest BCUT2D eigenvalue weighted by atomic mass is 17.3. The van der Waals surface area contributed by atoms with E-state index in [-0.39, 0.29) is 23.8 Å². The Morgan fingerprint density at radius 1 is 0.514 bits per heavy atom. The summed E-state index contributed by atoms with van der Waals surface area (Å²) in [5.74, 6) is -1.47. The molecule has 2 radical (unpaired) electrons. The Balaban J connectivity index is 1.32. The van der Waals surface area contributed by atoms with E-state index in [1.54, 1.807) is 36.4 Å². The standard InChI is InChI=1S/C29H22O6/c1-2-27(32-34-28(30)25-17-9-15-23(19-25)21-11-5-3-6-12-21)33-35-29(31)26-18-10-16-24(20-26)22-13-7-4-8-14-22/h3-20H,1-2H2. The number of hydrogen-bond donors (Lipinski definition) is 0. The van der Waals surface area contributed by atoms with Gasteiger partial charge in [-0.15, -0.1) is 9.78 Å². The first-order valence-corrected chi connectivity index (χ1v) is 10.9. The minimum Gasteiger partial charge on any atom is -0.289 e. The number of carbonyl (C=O) groups is 2. The third kappa shape index (κ3) is 6.41. The number of rotatable bonds is 9. The van der Waals surface area contributed by atoms with Crippen LogP contribution in [0.3, 0.4) is 0 Å². The van der Waals surface area contributed by atoms with Crippen LogP contribution >= 0.6 is 0 Å². The molecule has 4 aromatic rings. The highest BCUT2D eigenvalue weighted by molar-refractivity contribution is 5.91. The van der Waals surface area contributed by atoms with Crippen molar-refractivity contribution in [2.75, 3.05) is 0 Å². The lowest BCUT2D eigenvalue weighted by atomic mass is 10.0. The molecule has 35 heavy (non-hydrogen) atoms. The van der Waals surface area contributed by atoms with Crippen LogP contribution in [0.15, 0.2) is 109 Å². The number of hydrogen-bond acceptors (Lipinski definition) is 6. The molecule has 0 spiro atoms. The Kier molecular flexibility index (Phi) is 8.01. The zero-order valence-electron chi connectivity index (χ0n) is 18.8. The van der Waals surface area contributed by atoms with Gasteiger partial charge in [-0.05, 0) is 53.4 Å². The predicted octanol–water partition coefficient (Wildman–Crippen LogP) is 6.61. The van der Waals surface area contributed by atoms with Crippen LogP contribution in [0, 0.1) is 13.2 Å². The van der Waals surface area contributed by atoms with Gasteiger partial charge in [0.25, 0.3) is 0 Å². The summed E-state index contributed by atoms with van der Waals surface area (Å²) in [6.45, 7) is 3.63. The Labute approximate surface area is 203 Å². The summed E-state index contributed by atoms with van der Waals surface area (Å²) in [4.78, 5) is 44.5. The molecule has 6 heteroatoms. The fourth-order valence-corrected chi connectivity index (χ4v) is 3.27. The Morgan fingerprint density at radius 2 is 0.914 bits per heavy atom. The van der Waals surface area contributed by atoms with Crippen molar-refractivity contribution in [2.45, 2.75) is 6.42 Å². The summed E-state index contributed by atoms with van der Waals surface area (Å²) in [6.07, 6.45) is -0.348. The van der Waals surface area contributed by atoms with Crippen molar-refractivity contribution in [3.8, 4) is 22.3 Å². The highest BCUT2D eigenvalue weighted by Crippen LogP contribution is 2.22. The molecule has 174 valence electrons. The SMILES string of the molecule is [CH2]C[C](OOC(=O)c1cccc(-c2ccccc2)c1)OOC(=O)c1cccc(-c2ccccc2)c1. The van der Waals surface area contributed by atoms with Crippen molar-refractivity contribution in [1.82, 2.24) is 0 Å². The summed E-state index contributed by atoms with van der Waals surface area (Å²) in [7, 11) is 0. The molecule has 0 saturated carbocycles. The Bertz CT molecular complexity index is 1170. The molecular weight excluding hydrogens is 444 g/mol. The van der Waals surface area contributed by atoms with E-state index in [4.69, 9.17) is 19.6 Å². The fourth-order valence-electron chi connectivity index (χ4n) is 3.27. The molecule has 0 aromatic heterocycles. The van der Waals surface area contributed by atoms with Crippen LogP contribution in [0.5, 0.6) is 0 Å². The van der Waals surface area contributed by atoms with E-state index in [1.807, 2.05) is 72.8 Å². The summed E-state index contributed by atoms with van der Waals surface area (Å²) in [6, 6.07) is 33.1. The first-order chi connectivity index (χ1) is 17.1. The minimum atomic E-state index is -0.737. The molecule has 4 aromatic carbocycles. The second kappa shape index (κ2) is 11.7. The maximum atomic E-state index is 12.4. The molecule has 0 fully saturated rings. The van der Waals surface area contributed by atoms with E-state index < -0.39 is 11.9 Å². The minimum absolute atomic E-state index is 0.0608. The van der Waals surface area contributed by atoms with Crippen LogP contribution in [0.2, 0.25) is 0 Å². The zero-order chi connectivity index (χ0) is 24.5. The fraction of sp³-hybridized carbons (Fsp3) is 0.0345. The van der Waals surface area contributed by atoms with Crippen LogP contribution in [0.1, 0.15) is 27.1 Å². The summed E-state index contributed by atoms with van der Waals surface area (Å²) in [5, 5.41) is 0. The van der Waals surface area contributed by atoms with E-state index in [2.05, 4.69) is 6.92 Å². The lowest BCUT2D eigenvalue weighted by Crippen LogP contribution is -2.15. The maximum absolute atomic E-state index is 12.4. The molecule has 6 nitrogen and oxygen atoms in total. The maximum Gasteiger partial charge on any atom is 0.373 e. The molecule has 0 aliphatic heterocycles. The van der Waals surface area contributed by atoms with Gasteiger partial charge in [-0.25, -0.2) is 9.59 Å². The van der Waals surface area contributed by atoms with Crippen LogP contribution in [-0.2, 0) is 19.6 Å². The third-order valence-corrected chi connectivity index (χ3v) is 5.04. The van der Waals surface area contributed by atoms with Gasteiger partial charge in [0, 0.05) is 6.42 Å². The van der Waals surface area contributed by atoms with Gasteiger partial charge in [0.2, 0.25) is 0 Å². The average Bonchev–Trinajstić information content (AvgIpc) is 2.94. The molecule has 0 unspecified atom stereocenters. The van der Waals surface area contributed by atoms with E-state index in [0.717, 1.165) is 22.3 Å². The first-order valence-electron chi connectivity index (χ1n) is 10.9. The van der Waals surface area contributed by atoms with Gasteiger partial charge >= 0.3 is 18.2 Å². The van der Waals surface area contributed by atoms with Crippen molar-refractivity contribution < 1.29 is 29.1 Å². The van der Waals surface area contributed by atoms with Gasteiger partial charge in [-0.1, -0.05) is 84.9 Å². The second-order valence-electron chi connectivity index (χ2n) is 7.42. The molecule has 0 atom stereocenters. The topological polar surface area (TPSA) is 71.1 Å². The molecule has 0 bridgehead atoms. The monoisotopic (exact) mass is 466 g/mol. The zero-order valence-corrected chi connectivity index (χ0v) is 18.8. The molecule has 0 amide bonds. The van der Waals surface area contributed by atoms with Crippen LogP contribution < -0.4 is 0 Å². The van der Waals surface area contributed by atoms with Crippen molar-refractivity contribution in [3.63, 3.8) is 0 Å². The smallest absolute Gasteiger partial charge is 0.289 e. The lowest BCUT2D eigenvalue weighted by molar-refractivity contribution is -0.362. The lowest BCUT2D eigenvalue weighted by Gasteiger charge is -2.12. The van der Waals surface area contributed by atoms with Gasteiger partial charge in [0.1, 0.15) is 0 Å². The third-order valence-electron chi connectivity index (χ3n) is 5.04. The van der Waals surface area contributed by atoms with Gasteiger partial charge in [0.15, 0.2) is 0 Å². The van der Waals surface area contributed by atoms with E-state index in [1.165, 1.54) is 0 Å². The average molecular weight is 466 g/mol. The van der Waals surface area contributed by atoms with Crippen molar-refractivity contribution >= 4 is 11.9 Å². The molecule has 0 heterocycles. The van der Waals surface area contributed by atoms with E-state index in [9.17, 15) is 9.59 Å². The van der Waals surface area contributed by atoms with Gasteiger partial charge in [0.05, 0.1) is 11.1 Å². The molecule has 0 aliphatic rings. The van der Waals surface area contributed by atoms with Crippen molar-refractivity contribution in [2.24, 2.45) is 0 Å². The van der Waals surface area contributed by atoms with Crippen molar-refractivity contribution in [3.05, 3.63) is 134 Å².